The Kier molecular flexibility index (Phi) is 4.06. The molecule has 0 aliphatic rings. The lowest BCUT2D eigenvalue weighted by Gasteiger charge is -2.02. The third kappa shape index (κ3) is 3.51. The van der Waals surface area contributed by atoms with Gasteiger partial charge in [0.05, 0.1) is 5.69 Å². The van der Waals surface area contributed by atoms with E-state index in [0.717, 1.165) is 22.3 Å². The summed E-state index contributed by atoms with van der Waals surface area (Å²) in [7, 11) is 0. The third-order valence-corrected chi connectivity index (χ3v) is 3.16. The summed E-state index contributed by atoms with van der Waals surface area (Å²) in [4.78, 5) is 12.7. The van der Waals surface area contributed by atoms with E-state index >= 15 is 0 Å². The van der Waals surface area contributed by atoms with E-state index in [1.807, 2.05) is 25.1 Å². The molecule has 0 saturated carbocycles. The third-order valence-electron chi connectivity index (χ3n) is 2.23. The van der Waals surface area contributed by atoms with Crippen LogP contribution in [-0.2, 0) is 12.3 Å². The molecule has 0 aliphatic carbocycles. The van der Waals surface area contributed by atoms with E-state index in [0.29, 0.717) is 6.54 Å². The number of nitrogens with two attached hydrogens (primary N) is 1. The van der Waals surface area contributed by atoms with Crippen molar-refractivity contribution in [1.82, 2.24) is 15.0 Å². The quantitative estimate of drug-likeness (QED) is 0.659. The zero-order chi connectivity index (χ0) is 12.1. The topological polar surface area (TPSA) is 64.7 Å². The minimum atomic E-state index is 0.472. The van der Waals surface area contributed by atoms with Gasteiger partial charge in [-0.1, -0.05) is 11.8 Å². The molecular formula is C12H14N4S. The Morgan fingerprint density at radius 2 is 2.06 bits per heavy atom. The van der Waals surface area contributed by atoms with Crippen molar-refractivity contribution < 1.29 is 0 Å². The SMILES string of the molecule is Cc1ccnc(SCc2ccnc(CN)c2)n1. The zero-order valence-electron chi connectivity index (χ0n) is 9.63. The summed E-state index contributed by atoms with van der Waals surface area (Å²) in [6.45, 7) is 2.43. The second kappa shape index (κ2) is 5.75. The molecule has 2 aromatic rings. The molecule has 0 bridgehead atoms. The number of aromatic nitrogens is 3. The monoisotopic (exact) mass is 246 g/mol. The predicted molar refractivity (Wildman–Crippen MR) is 68.5 cm³/mol. The van der Waals surface area contributed by atoms with Crippen molar-refractivity contribution in [2.75, 3.05) is 0 Å². The maximum atomic E-state index is 5.55. The van der Waals surface area contributed by atoms with Crippen molar-refractivity contribution in [3.63, 3.8) is 0 Å². The number of nitrogens with zero attached hydrogens (tertiary/aromatic N) is 3. The van der Waals surface area contributed by atoms with Gasteiger partial charge < -0.3 is 5.73 Å². The zero-order valence-corrected chi connectivity index (χ0v) is 10.4. The molecule has 0 amide bonds. The molecule has 0 aromatic carbocycles. The van der Waals surface area contributed by atoms with Gasteiger partial charge in [-0.25, -0.2) is 9.97 Å². The van der Waals surface area contributed by atoms with Crippen LogP contribution < -0.4 is 5.73 Å². The Morgan fingerprint density at radius 1 is 1.24 bits per heavy atom. The molecule has 5 heteroatoms. The van der Waals surface area contributed by atoms with Crippen LogP contribution in [0.15, 0.2) is 35.7 Å². The fraction of sp³-hybridized carbons (Fsp3) is 0.250. The van der Waals surface area contributed by atoms with Gasteiger partial charge >= 0.3 is 0 Å². The van der Waals surface area contributed by atoms with Crippen molar-refractivity contribution in [2.45, 2.75) is 24.4 Å². The van der Waals surface area contributed by atoms with Crippen molar-refractivity contribution in [2.24, 2.45) is 5.73 Å². The standard InChI is InChI=1S/C12H14N4S/c1-9-2-4-15-12(16-9)17-8-10-3-5-14-11(6-10)7-13/h2-6H,7-8,13H2,1H3. The second-order valence-electron chi connectivity index (χ2n) is 3.63. The molecule has 0 aliphatic heterocycles. The van der Waals surface area contributed by atoms with Gasteiger partial charge in [-0.3, -0.25) is 4.98 Å². The Hall–Kier alpha value is -1.46. The average molecular weight is 246 g/mol. The summed E-state index contributed by atoms with van der Waals surface area (Å²) < 4.78 is 0. The molecular weight excluding hydrogens is 232 g/mol. The van der Waals surface area contributed by atoms with E-state index in [4.69, 9.17) is 5.73 Å². The van der Waals surface area contributed by atoms with Crippen LogP contribution >= 0.6 is 11.8 Å². The molecule has 0 saturated heterocycles. The molecule has 4 nitrogen and oxygen atoms in total. The molecule has 2 aromatic heterocycles. The van der Waals surface area contributed by atoms with Gasteiger partial charge in [0.25, 0.3) is 0 Å². The molecule has 2 rings (SSSR count). The van der Waals surface area contributed by atoms with Crippen LogP contribution in [-0.4, -0.2) is 15.0 Å². The fourth-order valence-corrected chi connectivity index (χ4v) is 2.19. The fourth-order valence-electron chi connectivity index (χ4n) is 1.37. The number of pyridine rings is 1. The Bertz CT molecular complexity index is 501. The highest BCUT2D eigenvalue weighted by Gasteiger charge is 2.00. The number of aryl methyl sites for hydroxylation is 1. The minimum Gasteiger partial charge on any atom is -0.325 e. The molecule has 88 valence electrons. The van der Waals surface area contributed by atoms with Crippen molar-refractivity contribution in [1.29, 1.82) is 0 Å². The molecule has 2 N–H and O–H groups in total. The average Bonchev–Trinajstić information content (AvgIpc) is 2.37. The highest BCUT2D eigenvalue weighted by molar-refractivity contribution is 7.98. The summed E-state index contributed by atoms with van der Waals surface area (Å²) in [5.41, 5.74) is 8.64. The van der Waals surface area contributed by atoms with Gasteiger partial charge in [-0.05, 0) is 30.7 Å². The lowest BCUT2D eigenvalue weighted by atomic mass is 10.2. The Morgan fingerprint density at radius 3 is 2.82 bits per heavy atom. The van der Waals surface area contributed by atoms with Gasteiger partial charge in [-0.2, -0.15) is 0 Å². The summed E-state index contributed by atoms with van der Waals surface area (Å²) >= 11 is 1.62. The molecule has 17 heavy (non-hydrogen) atoms. The molecule has 2 heterocycles. The van der Waals surface area contributed by atoms with E-state index in [1.54, 1.807) is 24.2 Å². The number of hydrogen-bond donors (Lipinski definition) is 1. The van der Waals surface area contributed by atoms with Crippen LogP contribution in [0.1, 0.15) is 17.0 Å². The predicted octanol–water partition coefficient (Wildman–Crippen LogP) is 1.93. The van der Waals surface area contributed by atoms with E-state index in [9.17, 15) is 0 Å². The Balaban J connectivity index is 2.02. The van der Waals surface area contributed by atoms with Gasteiger partial charge in [0.15, 0.2) is 5.16 Å². The molecule has 0 spiro atoms. The summed E-state index contributed by atoms with van der Waals surface area (Å²) in [5, 5.41) is 0.802. The largest absolute Gasteiger partial charge is 0.325 e. The highest BCUT2D eigenvalue weighted by Crippen LogP contribution is 2.18. The number of hydrogen-bond acceptors (Lipinski definition) is 5. The van der Waals surface area contributed by atoms with Crippen molar-refractivity contribution in [3.8, 4) is 0 Å². The lowest BCUT2D eigenvalue weighted by molar-refractivity contribution is 0.931. The summed E-state index contributed by atoms with van der Waals surface area (Å²) in [5.74, 6) is 0.832. The van der Waals surface area contributed by atoms with Gasteiger partial charge in [0.1, 0.15) is 0 Å². The summed E-state index contributed by atoms with van der Waals surface area (Å²) in [6.07, 6.45) is 3.57. The first kappa shape index (κ1) is 12.0. The van der Waals surface area contributed by atoms with Crippen LogP contribution in [0, 0.1) is 6.92 Å². The summed E-state index contributed by atoms with van der Waals surface area (Å²) in [6, 6.07) is 5.90. The molecule has 0 atom stereocenters. The first-order chi connectivity index (χ1) is 8.28. The Labute approximate surface area is 105 Å². The van der Waals surface area contributed by atoms with Crippen molar-refractivity contribution in [3.05, 3.63) is 47.5 Å². The van der Waals surface area contributed by atoms with Crippen molar-refractivity contribution >= 4 is 11.8 Å². The van der Waals surface area contributed by atoms with E-state index < -0.39 is 0 Å². The number of thioether (sulfide) groups is 1. The van der Waals surface area contributed by atoms with Crippen LogP contribution in [0.25, 0.3) is 0 Å². The maximum Gasteiger partial charge on any atom is 0.188 e. The van der Waals surface area contributed by atoms with Crippen LogP contribution in [0.2, 0.25) is 0 Å². The second-order valence-corrected chi connectivity index (χ2v) is 4.57. The highest BCUT2D eigenvalue weighted by atomic mass is 32.2. The lowest BCUT2D eigenvalue weighted by Crippen LogP contribution is -1.99. The molecule has 0 radical (unpaired) electrons. The number of rotatable bonds is 4. The molecule has 0 unspecified atom stereocenters. The maximum absolute atomic E-state index is 5.55. The molecule has 0 fully saturated rings. The first-order valence-electron chi connectivity index (χ1n) is 5.34. The van der Waals surface area contributed by atoms with E-state index in [-0.39, 0.29) is 0 Å². The minimum absolute atomic E-state index is 0.472. The normalized spacial score (nSPS) is 10.5. The van der Waals surface area contributed by atoms with Crippen LogP contribution in [0.5, 0.6) is 0 Å². The van der Waals surface area contributed by atoms with Crippen LogP contribution in [0.4, 0.5) is 0 Å². The van der Waals surface area contributed by atoms with Gasteiger partial charge in [0, 0.05) is 30.4 Å². The van der Waals surface area contributed by atoms with Gasteiger partial charge in [-0.15, -0.1) is 0 Å². The smallest absolute Gasteiger partial charge is 0.188 e. The van der Waals surface area contributed by atoms with Gasteiger partial charge in [0.2, 0.25) is 0 Å². The van der Waals surface area contributed by atoms with E-state index in [1.165, 1.54) is 5.56 Å². The van der Waals surface area contributed by atoms with Crippen LogP contribution in [0.3, 0.4) is 0 Å². The first-order valence-corrected chi connectivity index (χ1v) is 6.33. The van der Waals surface area contributed by atoms with E-state index in [2.05, 4.69) is 15.0 Å².